The highest BCUT2D eigenvalue weighted by atomic mass is 79.9. The molecule has 0 saturated heterocycles. The van der Waals surface area contributed by atoms with E-state index in [1.807, 2.05) is 37.3 Å². The van der Waals surface area contributed by atoms with Crippen molar-refractivity contribution in [2.75, 3.05) is 11.9 Å². The van der Waals surface area contributed by atoms with Crippen LogP contribution in [0, 0.1) is 0 Å². The van der Waals surface area contributed by atoms with Crippen LogP contribution in [0.2, 0.25) is 0 Å². The molecule has 25 heavy (non-hydrogen) atoms. The number of carbonyl (C=O) groups excluding carboxylic acids is 2. The summed E-state index contributed by atoms with van der Waals surface area (Å²) in [6.45, 7) is 3.90. The van der Waals surface area contributed by atoms with E-state index in [9.17, 15) is 9.59 Å². The maximum Gasteiger partial charge on any atom is 0.311 e. The summed E-state index contributed by atoms with van der Waals surface area (Å²) in [5.41, 5.74) is 1.37. The van der Waals surface area contributed by atoms with Gasteiger partial charge in [0, 0.05) is 4.47 Å². The second kappa shape index (κ2) is 9.22. The topological polar surface area (TPSA) is 64.6 Å². The van der Waals surface area contributed by atoms with Gasteiger partial charge < -0.3 is 14.8 Å². The van der Waals surface area contributed by atoms with Crippen LogP contribution in [0.5, 0.6) is 5.75 Å². The zero-order chi connectivity index (χ0) is 18.2. The summed E-state index contributed by atoms with van der Waals surface area (Å²) in [6, 6.07) is 14.5. The fourth-order valence-electron chi connectivity index (χ4n) is 2.15. The average Bonchev–Trinajstić information content (AvgIpc) is 2.58. The molecule has 0 aliphatic rings. The number of anilines is 1. The molecule has 0 aliphatic carbocycles. The first-order valence-corrected chi connectivity index (χ1v) is 8.75. The number of hydrogen-bond donors (Lipinski definition) is 1. The molecule has 0 aliphatic heterocycles. The molecule has 1 atom stereocenters. The summed E-state index contributed by atoms with van der Waals surface area (Å²) in [6.07, 6.45) is -0.793. The fourth-order valence-corrected chi connectivity index (χ4v) is 2.41. The van der Waals surface area contributed by atoms with Crippen molar-refractivity contribution in [1.82, 2.24) is 0 Å². The molecule has 1 N–H and O–H groups in total. The first-order chi connectivity index (χ1) is 12.0. The van der Waals surface area contributed by atoms with E-state index >= 15 is 0 Å². The predicted molar refractivity (Wildman–Crippen MR) is 99.6 cm³/mol. The van der Waals surface area contributed by atoms with Crippen LogP contribution < -0.4 is 10.1 Å². The summed E-state index contributed by atoms with van der Waals surface area (Å²) < 4.78 is 11.6. The van der Waals surface area contributed by atoms with Gasteiger partial charge >= 0.3 is 5.97 Å². The minimum atomic E-state index is -0.905. The van der Waals surface area contributed by atoms with Gasteiger partial charge in [0.15, 0.2) is 6.10 Å². The smallest absolute Gasteiger partial charge is 0.311 e. The third-order valence-electron chi connectivity index (χ3n) is 3.38. The molecule has 6 heteroatoms. The molecule has 2 aromatic carbocycles. The summed E-state index contributed by atoms with van der Waals surface area (Å²) in [5.74, 6) is -0.286. The number of amides is 1. The van der Waals surface area contributed by atoms with E-state index < -0.39 is 18.0 Å². The van der Waals surface area contributed by atoms with Crippen molar-refractivity contribution in [2.45, 2.75) is 26.4 Å². The molecule has 1 amide bonds. The number of ether oxygens (including phenoxy) is 2. The molecule has 1 unspecified atom stereocenters. The molecule has 0 radical (unpaired) electrons. The number of nitrogens with one attached hydrogen (secondary N) is 1. The minimum Gasteiger partial charge on any atom is -0.492 e. The van der Waals surface area contributed by atoms with Crippen molar-refractivity contribution < 1.29 is 19.1 Å². The van der Waals surface area contributed by atoms with Crippen molar-refractivity contribution in [2.24, 2.45) is 0 Å². The molecule has 0 heterocycles. The Balaban J connectivity index is 1.91. The van der Waals surface area contributed by atoms with Gasteiger partial charge in [0.25, 0.3) is 5.91 Å². The molecule has 0 fully saturated rings. The Kier molecular flexibility index (Phi) is 7.01. The van der Waals surface area contributed by atoms with E-state index in [1.165, 1.54) is 6.92 Å². The van der Waals surface area contributed by atoms with Gasteiger partial charge in [-0.3, -0.25) is 9.59 Å². The Morgan fingerprint density at radius 3 is 2.48 bits per heavy atom. The Hall–Kier alpha value is -2.34. The Labute approximate surface area is 155 Å². The Morgan fingerprint density at radius 2 is 1.80 bits per heavy atom. The first kappa shape index (κ1) is 19.0. The van der Waals surface area contributed by atoms with Gasteiger partial charge in [0.1, 0.15) is 5.75 Å². The molecule has 0 saturated carbocycles. The lowest BCUT2D eigenvalue weighted by Gasteiger charge is -2.15. The molecular weight excluding hydrogens is 386 g/mol. The first-order valence-electron chi connectivity index (χ1n) is 7.96. The highest BCUT2D eigenvalue weighted by Crippen LogP contribution is 2.24. The number of halogens is 1. The minimum absolute atomic E-state index is 0.112. The molecule has 132 valence electrons. The van der Waals surface area contributed by atoms with Gasteiger partial charge in [-0.1, -0.05) is 40.2 Å². The summed E-state index contributed by atoms with van der Waals surface area (Å²) in [7, 11) is 0. The van der Waals surface area contributed by atoms with Crippen LogP contribution in [0.4, 0.5) is 5.69 Å². The second-order valence-corrected chi connectivity index (χ2v) is 6.27. The van der Waals surface area contributed by atoms with Gasteiger partial charge in [-0.2, -0.15) is 0 Å². The number of esters is 1. The number of benzene rings is 2. The second-order valence-electron chi connectivity index (χ2n) is 5.35. The van der Waals surface area contributed by atoms with E-state index in [2.05, 4.69) is 21.2 Å². The van der Waals surface area contributed by atoms with Gasteiger partial charge in [-0.05, 0) is 43.7 Å². The maximum absolute atomic E-state index is 12.3. The molecule has 5 nitrogen and oxygen atoms in total. The molecule has 0 bridgehead atoms. The number of hydrogen-bond acceptors (Lipinski definition) is 4. The molecule has 2 aromatic rings. The van der Waals surface area contributed by atoms with Crippen LogP contribution in [-0.4, -0.2) is 24.6 Å². The van der Waals surface area contributed by atoms with Crippen molar-refractivity contribution in [1.29, 1.82) is 0 Å². The van der Waals surface area contributed by atoms with E-state index in [0.29, 0.717) is 18.0 Å². The molecule has 0 spiro atoms. The third-order valence-corrected chi connectivity index (χ3v) is 3.91. The van der Waals surface area contributed by atoms with Crippen molar-refractivity contribution in [3.63, 3.8) is 0 Å². The van der Waals surface area contributed by atoms with Gasteiger partial charge in [0.2, 0.25) is 0 Å². The quantitative estimate of drug-likeness (QED) is 0.707. The Morgan fingerprint density at radius 1 is 1.12 bits per heavy atom. The van der Waals surface area contributed by atoms with Crippen molar-refractivity contribution in [3.05, 3.63) is 58.6 Å². The van der Waals surface area contributed by atoms with Crippen LogP contribution in [0.25, 0.3) is 0 Å². The van der Waals surface area contributed by atoms with E-state index in [4.69, 9.17) is 9.47 Å². The Bertz CT molecular complexity index is 730. The van der Waals surface area contributed by atoms with Gasteiger partial charge in [-0.15, -0.1) is 0 Å². The lowest BCUT2D eigenvalue weighted by molar-refractivity contribution is -0.152. The summed E-state index contributed by atoms with van der Waals surface area (Å²) in [4.78, 5) is 24.2. The fraction of sp³-hybridized carbons (Fsp3) is 0.263. The zero-order valence-corrected chi connectivity index (χ0v) is 15.7. The largest absolute Gasteiger partial charge is 0.492 e. The lowest BCUT2D eigenvalue weighted by atomic mass is 10.1. The van der Waals surface area contributed by atoms with E-state index in [0.717, 1.165) is 10.0 Å². The molecular formula is C19H20BrNO4. The van der Waals surface area contributed by atoms with Crippen LogP contribution in [0.1, 0.15) is 19.4 Å². The third kappa shape index (κ3) is 5.90. The average molecular weight is 406 g/mol. The lowest BCUT2D eigenvalue weighted by Crippen LogP contribution is -2.30. The van der Waals surface area contributed by atoms with E-state index in [1.54, 1.807) is 18.2 Å². The SMILES string of the molecule is CCOc1ccccc1NC(=O)C(C)OC(=O)Cc1ccc(Br)cc1. The molecule has 0 aromatic heterocycles. The van der Waals surface area contributed by atoms with Crippen LogP contribution >= 0.6 is 15.9 Å². The normalized spacial score (nSPS) is 11.5. The van der Waals surface area contributed by atoms with E-state index in [-0.39, 0.29) is 6.42 Å². The van der Waals surface area contributed by atoms with Crippen molar-refractivity contribution in [3.8, 4) is 5.75 Å². The van der Waals surface area contributed by atoms with Crippen molar-refractivity contribution >= 4 is 33.5 Å². The zero-order valence-electron chi connectivity index (χ0n) is 14.1. The summed E-state index contributed by atoms with van der Waals surface area (Å²) in [5, 5.41) is 2.72. The summed E-state index contributed by atoms with van der Waals surface area (Å²) >= 11 is 3.34. The standard InChI is InChI=1S/C19H20BrNO4/c1-3-24-17-7-5-4-6-16(17)21-19(23)13(2)25-18(22)12-14-8-10-15(20)11-9-14/h4-11,13H,3,12H2,1-2H3,(H,21,23). The number of carbonyl (C=O) groups is 2. The van der Waals surface area contributed by atoms with Crippen LogP contribution in [0.3, 0.4) is 0 Å². The maximum atomic E-state index is 12.3. The van der Waals surface area contributed by atoms with Gasteiger partial charge in [0.05, 0.1) is 18.7 Å². The molecule has 2 rings (SSSR count). The highest BCUT2D eigenvalue weighted by Gasteiger charge is 2.19. The van der Waals surface area contributed by atoms with Crippen LogP contribution in [-0.2, 0) is 20.7 Å². The highest BCUT2D eigenvalue weighted by molar-refractivity contribution is 9.10. The monoisotopic (exact) mass is 405 g/mol. The number of rotatable bonds is 7. The van der Waals surface area contributed by atoms with Crippen LogP contribution in [0.15, 0.2) is 53.0 Å². The predicted octanol–water partition coefficient (Wildman–Crippen LogP) is 3.96. The van der Waals surface area contributed by atoms with Gasteiger partial charge in [-0.25, -0.2) is 0 Å². The number of para-hydroxylation sites is 2.